The first-order valence-corrected chi connectivity index (χ1v) is 13.1. The minimum atomic E-state index is -3.66. The lowest BCUT2D eigenvalue weighted by Crippen LogP contribution is -2.28. The van der Waals surface area contributed by atoms with Crippen molar-refractivity contribution in [3.8, 4) is 0 Å². The molecule has 1 saturated heterocycles. The first kappa shape index (κ1) is 24.6. The number of carbonyl (C=O) groups is 2. The highest BCUT2D eigenvalue weighted by Gasteiger charge is 2.28. The molecule has 7 nitrogen and oxygen atoms in total. The van der Waals surface area contributed by atoms with Crippen LogP contribution >= 0.6 is 0 Å². The number of hydrogen-bond donors (Lipinski definition) is 2. The van der Waals surface area contributed by atoms with E-state index in [0.29, 0.717) is 29.9 Å². The molecule has 0 saturated carbocycles. The van der Waals surface area contributed by atoms with Gasteiger partial charge in [-0.3, -0.25) is 9.59 Å². The molecule has 2 amide bonds. The van der Waals surface area contributed by atoms with E-state index in [1.807, 2.05) is 37.3 Å². The molecule has 4 rings (SSSR count). The Balaban J connectivity index is 1.55. The lowest BCUT2D eigenvalue weighted by atomic mass is 10.1. The van der Waals surface area contributed by atoms with Crippen LogP contribution in [0.1, 0.15) is 57.7 Å². The summed E-state index contributed by atoms with van der Waals surface area (Å²) in [6.45, 7) is 4.62. The maximum absolute atomic E-state index is 13.2. The number of aryl methyl sites for hydroxylation is 1. The maximum atomic E-state index is 13.2. The van der Waals surface area contributed by atoms with E-state index in [2.05, 4.69) is 10.6 Å². The standard InChI is InChI=1S/C27H29N3O4S/c1-19-14-15-22(35(33,34)30-16-8-9-17-30)18-24(19)27(32)29-25-13-7-6-12-23(25)26(31)28-20(2)21-10-4-3-5-11-21/h3-7,10-15,18,20H,8-9,16-17H2,1-2H3,(H,28,31)(H,29,32). The summed E-state index contributed by atoms with van der Waals surface area (Å²) >= 11 is 0. The molecule has 2 N–H and O–H groups in total. The summed E-state index contributed by atoms with van der Waals surface area (Å²) in [7, 11) is -3.66. The van der Waals surface area contributed by atoms with E-state index < -0.39 is 15.9 Å². The molecule has 0 bridgehead atoms. The third-order valence-electron chi connectivity index (χ3n) is 6.22. The van der Waals surface area contributed by atoms with Crippen molar-refractivity contribution in [2.75, 3.05) is 18.4 Å². The second kappa shape index (κ2) is 10.4. The van der Waals surface area contributed by atoms with Gasteiger partial charge >= 0.3 is 0 Å². The lowest BCUT2D eigenvalue weighted by molar-refractivity contribution is 0.0940. The molecule has 182 valence electrons. The quantitative estimate of drug-likeness (QED) is 0.508. The second-order valence-corrected chi connectivity index (χ2v) is 10.6. The lowest BCUT2D eigenvalue weighted by Gasteiger charge is -2.18. The molecule has 1 heterocycles. The molecule has 35 heavy (non-hydrogen) atoms. The Bertz CT molecular complexity index is 1330. The van der Waals surface area contributed by atoms with Crippen molar-refractivity contribution in [3.63, 3.8) is 0 Å². The van der Waals surface area contributed by atoms with Crippen LogP contribution in [0.25, 0.3) is 0 Å². The fourth-order valence-electron chi connectivity index (χ4n) is 4.16. The summed E-state index contributed by atoms with van der Waals surface area (Å²) in [6, 6.07) is 20.7. The van der Waals surface area contributed by atoms with Gasteiger partial charge in [0.05, 0.1) is 22.2 Å². The van der Waals surface area contributed by atoms with Gasteiger partial charge < -0.3 is 10.6 Å². The number of hydrogen-bond acceptors (Lipinski definition) is 4. The van der Waals surface area contributed by atoms with E-state index in [1.165, 1.54) is 16.4 Å². The fourth-order valence-corrected chi connectivity index (χ4v) is 5.71. The molecule has 3 aromatic rings. The highest BCUT2D eigenvalue weighted by Crippen LogP contribution is 2.24. The van der Waals surface area contributed by atoms with Crippen molar-refractivity contribution in [1.29, 1.82) is 0 Å². The van der Waals surface area contributed by atoms with Crippen LogP contribution in [-0.4, -0.2) is 37.6 Å². The predicted octanol–water partition coefficient (Wildman–Crippen LogP) is 4.52. The van der Waals surface area contributed by atoms with Crippen molar-refractivity contribution in [2.45, 2.75) is 37.6 Å². The SMILES string of the molecule is Cc1ccc(S(=O)(=O)N2CCCC2)cc1C(=O)Nc1ccccc1C(=O)NC(C)c1ccccc1. The number of carbonyl (C=O) groups excluding carboxylic acids is 2. The molecule has 1 atom stereocenters. The van der Waals surface area contributed by atoms with Gasteiger partial charge in [-0.2, -0.15) is 4.31 Å². The number of anilines is 1. The zero-order valence-corrected chi connectivity index (χ0v) is 20.6. The normalized spacial score (nSPS) is 14.9. The molecule has 1 unspecified atom stereocenters. The number of amides is 2. The smallest absolute Gasteiger partial charge is 0.255 e. The molecule has 1 fully saturated rings. The Labute approximate surface area is 206 Å². The Morgan fingerprint density at radius 1 is 0.857 bits per heavy atom. The second-order valence-electron chi connectivity index (χ2n) is 8.69. The van der Waals surface area contributed by atoms with Gasteiger partial charge in [0.1, 0.15) is 0 Å². The van der Waals surface area contributed by atoms with Gasteiger partial charge in [-0.1, -0.05) is 48.5 Å². The van der Waals surface area contributed by atoms with E-state index in [1.54, 1.807) is 37.3 Å². The number of rotatable bonds is 7. The summed E-state index contributed by atoms with van der Waals surface area (Å²) < 4.78 is 27.4. The minimum Gasteiger partial charge on any atom is -0.345 e. The van der Waals surface area contributed by atoms with Crippen LogP contribution < -0.4 is 10.6 Å². The van der Waals surface area contributed by atoms with E-state index >= 15 is 0 Å². The number of benzene rings is 3. The van der Waals surface area contributed by atoms with Gasteiger partial charge in [0.25, 0.3) is 11.8 Å². The third-order valence-corrected chi connectivity index (χ3v) is 8.12. The Morgan fingerprint density at radius 3 is 2.23 bits per heavy atom. The van der Waals surface area contributed by atoms with Gasteiger partial charge in [-0.15, -0.1) is 0 Å². The van der Waals surface area contributed by atoms with Gasteiger partial charge in [0.15, 0.2) is 0 Å². The van der Waals surface area contributed by atoms with Crippen molar-refractivity contribution in [1.82, 2.24) is 9.62 Å². The molecule has 0 aromatic heterocycles. The minimum absolute atomic E-state index is 0.0952. The summed E-state index contributed by atoms with van der Waals surface area (Å²) in [5.74, 6) is -0.795. The fraction of sp³-hybridized carbons (Fsp3) is 0.259. The monoisotopic (exact) mass is 491 g/mol. The molecule has 8 heteroatoms. The van der Waals surface area contributed by atoms with Crippen molar-refractivity contribution < 1.29 is 18.0 Å². The van der Waals surface area contributed by atoms with E-state index in [0.717, 1.165) is 18.4 Å². The third kappa shape index (κ3) is 5.44. The molecule has 1 aliphatic heterocycles. The number of nitrogens with one attached hydrogen (secondary N) is 2. The average Bonchev–Trinajstić information content (AvgIpc) is 3.41. The van der Waals surface area contributed by atoms with Gasteiger partial charge in [-0.25, -0.2) is 8.42 Å². The van der Waals surface area contributed by atoms with Gasteiger partial charge in [0.2, 0.25) is 10.0 Å². The summed E-state index contributed by atoms with van der Waals surface area (Å²) in [5, 5.41) is 5.76. The van der Waals surface area contributed by atoms with E-state index in [9.17, 15) is 18.0 Å². The van der Waals surface area contributed by atoms with Crippen molar-refractivity contribution >= 4 is 27.5 Å². The molecule has 1 aliphatic rings. The van der Waals surface area contributed by atoms with Crippen LogP contribution in [0.5, 0.6) is 0 Å². The highest BCUT2D eigenvalue weighted by molar-refractivity contribution is 7.89. The van der Waals surface area contributed by atoms with Crippen molar-refractivity contribution in [2.24, 2.45) is 0 Å². The average molecular weight is 492 g/mol. The first-order valence-electron chi connectivity index (χ1n) is 11.6. The molecule has 0 spiro atoms. The van der Waals surface area contributed by atoms with Gasteiger partial charge in [-0.05, 0) is 62.1 Å². The molecule has 3 aromatic carbocycles. The maximum Gasteiger partial charge on any atom is 0.255 e. The number of sulfonamides is 1. The molecule has 0 aliphatic carbocycles. The van der Waals surface area contributed by atoms with Crippen LogP contribution in [-0.2, 0) is 10.0 Å². The summed E-state index contributed by atoms with van der Waals surface area (Å²) in [5.41, 5.74) is 2.53. The molecule has 0 radical (unpaired) electrons. The highest BCUT2D eigenvalue weighted by atomic mass is 32.2. The molecular weight excluding hydrogens is 462 g/mol. The Kier molecular flexibility index (Phi) is 7.33. The number of para-hydroxylation sites is 1. The summed E-state index contributed by atoms with van der Waals surface area (Å²) in [4.78, 5) is 26.3. The topological polar surface area (TPSA) is 95.6 Å². The van der Waals surface area contributed by atoms with Crippen LogP contribution in [0.2, 0.25) is 0 Å². The predicted molar refractivity (Wildman–Crippen MR) is 136 cm³/mol. The zero-order chi connectivity index (χ0) is 25.0. The van der Waals surface area contributed by atoms with Crippen LogP contribution in [0.3, 0.4) is 0 Å². The van der Waals surface area contributed by atoms with E-state index in [-0.39, 0.29) is 22.4 Å². The van der Waals surface area contributed by atoms with Crippen LogP contribution in [0, 0.1) is 6.92 Å². The Morgan fingerprint density at radius 2 is 1.51 bits per heavy atom. The van der Waals surface area contributed by atoms with E-state index in [4.69, 9.17) is 0 Å². The van der Waals surface area contributed by atoms with Gasteiger partial charge in [0, 0.05) is 18.7 Å². The zero-order valence-electron chi connectivity index (χ0n) is 19.8. The number of nitrogens with zero attached hydrogens (tertiary/aromatic N) is 1. The molecular formula is C27H29N3O4S. The van der Waals surface area contributed by atoms with Crippen LogP contribution in [0.15, 0.2) is 77.7 Å². The first-order chi connectivity index (χ1) is 16.8. The Hall–Kier alpha value is -3.49. The van der Waals surface area contributed by atoms with Crippen LogP contribution in [0.4, 0.5) is 5.69 Å². The van der Waals surface area contributed by atoms with Crippen molar-refractivity contribution in [3.05, 3.63) is 95.1 Å². The summed E-state index contributed by atoms with van der Waals surface area (Å²) in [6.07, 6.45) is 1.67. The largest absolute Gasteiger partial charge is 0.345 e.